The van der Waals surface area contributed by atoms with E-state index in [9.17, 15) is 4.39 Å². The molecule has 84 valence electrons. The average Bonchev–Trinajstić information content (AvgIpc) is 2.64. The standard InChI is InChI=1S/C10H11FN4S/c1-6(8-3-9(11)5-12-4-8)13-10-15-14-7(2)16-10/h3-6H,1-2H3,(H,13,15). The molecule has 2 aromatic rings. The van der Waals surface area contributed by atoms with Gasteiger partial charge in [0.2, 0.25) is 5.13 Å². The minimum atomic E-state index is -0.334. The van der Waals surface area contributed by atoms with Gasteiger partial charge < -0.3 is 5.32 Å². The highest BCUT2D eigenvalue weighted by Gasteiger charge is 2.09. The number of halogens is 1. The third-order valence-corrected chi connectivity index (χ3v) is 2.86. The minimum absolute atomic E-state index is 0.0458. The summed E-state index contributed by atoms with van der Waals surface area (Å²) in [6.45, 7) is 3.81. The van der Waals surface area contributed by atoms with Crippen molar-refractivity contribution in [2.75, 3.05) is 5.32 Å². The van der Waals surface area contributed by atoms with Crippen LogP contribution < -0.4 is 5.32 Å². The van der Waals surface area contributed by atoms with Crippen molar-refractivity contribution in [3.05, 3.63) is 34.8 Å². The van der Waals surface area contributed by atoms with E-state index in [1.165, 1.54) is 23.6 Å². The van der Waals surface area contributed by atoms with Gasteiger partial charge in [0, 0.05) is 6.20 Å². The lowest BCUT2D eigenvalue weighted by atomic mass is 10.1. The van der Waals surface area contributed by atoms with Gasteiger partial charge in [-0.3, -0.25) is 4.98 Å². The van der Waals surface area contributed by atoms with Crippen molar-refractivity contribution in [1.82, 2.24) is 15.2 Å². The molecule has 1 unspecified atom stereocenters. The third kappa shape index (κ3) is 2.52. The summed E-state index contributed by atoms with van der Waals surface area (Å²) in [6, 6.07) is 1.41. The highest BCUT2D eigenvalue weighted by atomic mass is 32.1. The molecular weight excluding hydrogens is 227 g/mol. The number of aryl methyl sites for hydroxylation is 1. The molecule has 0 saturated carbocycles. The lowest BCUT2D eigenvalue weighted by Crippen LogP contribution is -2.07. The molecule has 0 spiro atoms. The molecule has 0 aliphatic heterocycles. The summed E-state index contributed by atoms with van der Waals surface area (Å²) in [7, 11) is 0. The molecule has 2 aromatic heterocycles. The van der Waals surface area contributed by atoms with Crippen LogP contribution in [0.1, 0.15) is 23.5 Å². The topological polar surface area (TPSA) is 50.7 Å². The van der Waals surface area contributed by atoms with Gasteiger partial charge in [0.15, 0.2) is 0 Å². The van der Waals surface area contributed by atoms with Crippen LogP contribution in [0.25, 0.3) is 0 Å². The van der Waals surface area contributed by atoms with Gasteiger partial charge in [0.05, 0.1) is 12.2 Å². The van der Waals surface area contributed by atoms with Crippen molar-refractivity contribution in [3.63, 3.8) is 0 Å². The Hall–Kier alpha value is -1.56. The van der Waals surface area contributed by atoms with Crippen LogP contribution in [0.5, 0.6) is 0 Å². The first kappa shape index (κ1) is 10.9. The van der Waals surface area contributed by atoms with Crippen LogP contribution in [0.4, 0.5) is 9.52 Å². The minimum Gasteiger partial charge on any atom is -0.353 e. The predicted octanol–water partition coefficient (Wildman–Crippen LogP) is 2.55. The maximum absolute atomic E-state index is 13.0. The van der Waals surface area contributed by atoms with E-state index in [1.807, 2.05) is 13.8 Å². The molecule has 1 atom stereocenters. The Balaban J connectivity index is 2.11. The predicted molar refractivity (Wildman–Crippen MR) is 60.9 cm³/mol. The van der Waals surface area contributed by atoms with Gasteiger partial charge in [0.25, 0.3) is 0 Å². The van der Waals surface area contributed by atoms with Gasteiger partial charge in [-0.05, 0) is 25.5 Å². The fraction of sp³-hybridized carbons (Fsp3) is 0.300. The SMILES string of the molecule is Cc1nnc(NC(C)c2cncc(F)c2)s1. The molecule has 16 heavy (non-hydrogen) atoms. The second kappa shape index (κ2) is 4.52. The Kier molecular flexibility index (Phi) is 3.09. The van der Waals surface area contributed by atoms with Gasteiger partial charge in [-0.1, -0.05) is 11.3 Å². The number of anilines is 1. The summed E-state index contributed by atoms with van der Waals surface area (Å²) in [5.41, 5.74) is 0.785. The maximum atomic E-state index is 13.0. The lowest BCUT2D eigenvalue weighted by molar-refractivity contribution is 0.616. The molecule has 0 fully saturated rings. The number of hydrogen-bond donors (Lipinski definition) is 1. The molecular formula is C10H11FN4S. The van der Waals surface area contributed by atoms with Crippen molar-refractivity contribution in [1.29, 1.82) is 0 Å². The zero-order valence-electron chi connectivity index (χ0n) is 8.94. The van der Waals surface area contributed by atoms with Crippen molar-refractivity contribution in [3.8, 4) is 0 Å². The van der Waals surface area contributed by atoms with E-state index < -0.39 is 0 Å². The smallest absolute Gasteiger partial charge is 0.206 e. The average molecular weight is 238 g/mol. The van der Waals surface area contributed by atoms with E-state index in [0.29, 0.717) is 0 Å². The first-order chi connectivity index (χ1) is 7.65. The Morgan fingerprint density at radius 2 is 2.19 bits per heavy atom. The van der Waals surface area contributed by atoms with Crippen LogP contribution in [-0.4, -0.2) is 15.2 Å². The molecule has 0 saturated heterocycles. The fourth-order valence-corrected chi connectivity index (χ4v) is 1.97. The van der Waals surface area contributed by atoms with Crippen LogP contribution in [0, 0.1) is 12.7 Å². The molecule has 1 N–H and O–H groups in total. The molecule has 0 bridgehead atoms. The molecule has 2 rings (SSSR count). The van der Waals surface area contributed by atoms with Crippen molar-refractivity contribution >= 4 is 16.5 Å². The zero-order chi connectivity index (χ0) is 11.5. The number of nitrogens with zero attached hydrogens (tertiary/aromatic N) is 3. The van der Waals surface area contributed by atoms with E-state index in [4.69, 9.17) is 0 Å². The van der Waals surface area contributed by atoms with E-state index >= 15 is 0 Å². The first-order valence-electron chi connectivity index (χ1n) is 4.82. The molecule has 0 aliphatic rings. The van der Waals surface area contributed by atoms with E-state index in [1.54, 1.807) is 6.20 Å². The number of rotatable bonds is 3. The summed E-state index contributed by atoms with van der Waals surface area (Å²) in [6.07, 6.45) is 2.82. The van der Waals surface area contributed by atoms with Gasteiger partial charge >= 0.3 is 0 Å². The highest BCUT2D eigenvalue weighted by Crippen LogP contribution is 2.21. The second-order valence-corrected chi connectivity index (χ2v) is 4.61. The van der Waals surface area contributed by atoms with Crippen LogP contribution >= 0.6 is 11.3 Å². The number of nitrogens with one attached hydrogen (secondary N) is 1. The molecule has 0 aliphatic carbocycles. The summed E-state index contributed by atoms with van der Waals surface area (Å²) in [5, 5.41) is 12.6. The summed E-state index contributed by atoms with van der Waals surface area (Å²) in [4.78, 5) is 3.80. The molecule has 0 amide bonds. The molecule has 2 heterocycles. The van der Waals surface area contributed by atoms with Crippen LogP contribution in [0.15, 0.2) is 18.5 Å². The monoisotopic (exact) mass is 238 g/mol. The summed E-state index contributed by atoms with van der Waals surface area (Å²) in [5.74, 6) is -0.334. The highest BCUT2D eigenvalue weighted by molar-refractivity contribution is 7.15. The van der Waals surface area contributed by atoms with Gasteiger partial charge in [-0.2, -0.15) is 0 Å². The van der Waals surface area contributed by atoms with E-state index in [0.717, 1.165) is 15.7 Å². The maximum Gasteiger partial charge on any atom is 0.206 e. The van der Waals surface area contributed by atoms with Gasteiger partial charge in [0.1, 0.15) is 10.8 Å². The second-order valence-electron chi connectivity index (χ2n) is 3.43. The fourth-order valence-electron chi connectivity index (χ4n) is 1.29. The summed E-state index contributed by atoms with van der Waals surface area (Å²) < 4.78 is 13.0. The van der Waals surface area contributed by atoms with Crippen molar-refractivity contribution in [2.24, 2.45) is 0 Å². The third-order valence-electron chi connectivity index (χ3n) is 2.09. The number of hydrogen-bond acceptors (Lipinski definition) is 5. The van der Waals surface area contributed by atoms with Gasteiger partial charge in [-0.15, -0.1) is 10.2 Å². The van der Waals surface area contributed by atoms with E-state index in [2.05, 4.69) is 20.5 Å². The molecule has 0 radical (unpaired) electrons. The van der Waals surface area contributed by atoms with Crippen LogP contribution in [0.3, 0.4) is 0 Å². The quantitative estimate of drug-likeness (QED) is 0.892. The first-order valence-corrected chi connectivity index (χ1v) is 5.64. The van der Waals surface area contributed by atoms with E-state index in [-0.39, 0.29) is 11.9 Å². The summed E-state index contributed by atoms with van der Waals surface area (Å²) >= 11 is 1.47. The Bertz CT molecular complexity index is 485. The number of pyridine rings is 1. The lowest BCUT2D eigenvalue weighted by Gasteiger charge is -2.11. The molecule has 6 heteroatoms. The van der Waals surface area contributed by atoms with Crippen molar-refractivity contribution < 1.29 is 4.39 Å². The van der Waals surface area contributed by atoms with Gasteiger partial charge in [-0.25, -0.2) is 4.39 Å². The normalized spacial score (nSPS) is 12.4. The Labute approximate surface area is 96.6 Å². The molecule has 4 nitrogen and oxygen atoms in total. The number of aromatic nitrogens is 3. The van der Waals surface area contributed by atoms with Crippen molar-refractivity contribution in [2.45, 2.75) is 19.9 Å². The van der Waals surface area contributed by atoms with Crippen LogP contribution in [-0.2, 0) is 0 Å². The zero-order valence-corrected chi connectivity index (χ0v) is 9.75. The van der Waals surface area contributed by atoms with Crippen LogP contribution in [0.2, 0.25) is 0 Å². The Morgan fingerprint density at radius 3 is 2.81 bits per heavy atom. The molecule has 0 aromatic carbocycles. The largest absolute Gasteiger partial charge is 0.353 e. The Morgan fingerprint density at radius 1 is 1.38 bits per heavy atom.